The third-order valence-electron chi connectivity index (χ3n) is 1.57. The minimum atomic E-state index is -2.31. The van der Waals surface area contributed by atoms with Gasteiger partial charge in [-0.15, -0.1) is 5.92 Å². The number of hydrogen-bond donors (Lipinski definition) is 0. The molecule has 0 radical (unpaired) electrons. The van der Waals surface area contributed by atoms with E-state index in [2.05, 4.69) is 11.8 Å². The van der Waals surface area contributed by atoms with Crippen LogP contribution in [-0.4, -0.2) is 0 Å². The second-order valence-electron chi connectivity index (χ2n) is 2.53. The smallest absolute Gasteiger partial charge is 0.200 e. The second kappa shape index (κ2) is 4.52. The zero-order valence-corrected chi connectivity index (χ0v) is 7.44. The molecule has 0 aliphatic carbocycles. The van der Waals surface area contributed by atoms with Crippen LogP contribution in [0.4, 0.5) is 13.2 Å². The van der Waals surface area contributed by atoms with Crippen LogP contribution in [-0.2, 0) is 0 Å². The van der Waals surface area contributed by atoms with Gasteiger partial charge < -0.3 is 0 Å². The van der Waals surface area contributed by atoms with Gasteiger partial charge in [0, 0.05) is 11.1 Å². The van der Waals surface area contributed by atoms with Crippen molar-refractivity contribution in [2.24, 2.45) is 0 Å². The maximum atomic E-state index is 12.7. The first-order chi connectivity index (χ1) is 6.65. The van der Waals surface area contributed by atoms with Gasteiger partial charge in [-0.25, -0.2) is 4.39 Å². The molecule has 0 N–H and O–H groups in total. The Morgan fingerprint density at radius 1 is 1.07 bits per heavy atom. The summed E-state index contributed by atoms with van der Waals surface area (Å²) in [7, 11) is 0. The fourth-order valence-electron chi connectivity index (χ4n) is 0.953. The number of halogens is 3. The first-order valence-corrected chi connectivity index (χ1v) is 3.89. The molecule has 0 nitrogen and oxygen atoms in total. The molecule has 1 aromatic carbocycles. The maximum absolute atomic E-state index is 12.7. The summed E-state index contributed by atoms with van der Waals surface area (Å²) in [6.07, 6.45) is -2.31. The molecule has 0 aliphatic rings. The molecular formula is C11H7F3. The first kappa shape index (κ1) is 10.4. The fraction of sp³-hybridized carbons (Fsp3) is 0.0909. The van der Waals surface area contributed by atoms with E-state index in [1.165, 1.54) is 24.3 Å². The highest BCUT2D eigenvalue weighted by Gasteiger charge is 2.07. The minimum Gasteiger partial charge on any atom is -0.200 e. The zero-order chi connectivity index (χ0) is 10.6. The van der Waals surface area contributed by atoms with E-state index in [-0.39, 0.29) is 5.56 Å². The van der Waals surface area contributed by atoms with Crippen molar-refractivity contribution in [3.8, 4) is 11.8 Å². The molecule has 0 saturated carbocycles. The molecule has 3 heteroatoms. The summed E-state index contributed by atoms with van der Waals surface area (Å²) in [5.41, 5.74) is 0.537. The molecule has 0 saturated heterocycles. The van der Waals surface area contributed by atoms with Crippen molar-refractivity contribution >= 4 is 5.83 Å². The molecule has 0 atom stereocenters. The van der Waals surface area contributed by atoms with Gasteiger partial charge in [-0.1, -0.05) is 18.1 Å². The zero-order valence-electron chi connectivity index (χ0n) is 7.44. The lowest BCUT2D eigenvalue weighted by Gasteiger charge is -1.96. The molecule has 0 aliphatic heterocycles. The number of rotatable bonds is 1. The Balaban J connectivity index is 3.04. The van der Waals surface area contributed by atoms with Crippen LogP contribution in [0, 0.1) is 11.8 Å². The molecular weight excluding hydrogens is 189 g/mol. The average Bonchev–Trinajstić information content (AvgIpc) is 2.18. The van der Waals surface area contributed by atoms with Crippen LogP contribution in [0.15, 0.2) is 30.3 Å². The summed E-state index contributed by atoms with van der Waals surface area (Å²) in [5.74, 6) is 3.89. The highest BCUT2D eigenvalue weighted by atomic mass is 19.3. The largest absolute Gasteiger partial charge is 0.306 e. The van der Waals surface area contributed by atoms with Gasteiger partial charge in [-0.2, -0.15) is 8.78 Å². The van der Waals surface area contributed by atoms with Gasteiger partial charge in [-0.05, 0) is 19.1 Å². The van der Waals surface area contributed by atoms with Crippen molar-refractivity contribution in [2.75, 3.05) is 0 Å². The van der Waals surface area contributed by atoms with Gasteiger partial charge in [0.05, 0.1) is 0 Å². The second-order valence-corrected chi connectivity index (χ2v) is 2.53. The predicted molar refractivity (Wildman–Crippen MR) is 49.2 cm³/mol. The molecule has 0 bridgehead atoms. The van der Waals surface area contributed by atoms with E-state index in [0.29, 0.717) is 5.56 Å². The molecule has 0 amide bonds. The lowest BCUT2D eigenvalue weighted by atomic mass is 10.1. The maximum Gasteiger partial charge on any atom is 0.306 e. The summed E-state index contributed by atoms with van der Waals surface area (Å²) in [5, 5.41) is 0. The Morgan fingerprint density at radius 2 is 1.64 bits per heavy atom. The molecule has 14 heavy (non-hydrogen) atoms. The van der Waals surface area contributed by atoms with E-state index < -0.39 is 11.9 Å². The Bertz CT molecular complexity index is 400. The highest BCUT2D eigenvalue weighted by molar-refractivity contribution is 5.60. The van der Waals surface area contributed by atoms with Gasteiger partial charge in [0.15, 0.2) is 5.83 Å². The van der Waals surface area contributed by atoms with E-state index >= 15 is 0 Å². The van der Waals surface area contributed by atoms with Gasteiger partial charge in [0.2, 0.25) is 0 Å². The van der Waals surface area contributed by atoms with Crippen molar-refractivity contribution in [3.05, 3.63) is 41.5 Å². The third kappa shape index (κ3) is 2.40. The Morgan fingerprint density at radius 3 is 2.07 bits per heavy atom. The van der Waals surface area contributed by atoms with E-state index in [9.17, 15) is 13.2 Å². The van der Waals surface area contributed by atoms with Crippen LogP contribution in [0.5, 0.6) is 0 Å². The van der Waals surface area contributed by atoms with Crippen LogP contribution in [0.3, 0.4) is 0 Å². The van der Waals surface area contributed by atoms with E-state index in [1.54, 1.807) is 6.92 Å². The predicted octanol–water partition coefficient (Wildman–Crippen LogP) is 3.59. The van der Waals surface area contributed by atoms with Crippen LogP contribution in [0.1, 0.15) is 18.1 Å². The molecule has 0 fully saturated rings. The lowest BCUT2D eigenvalue weighted by Crippen LogP contribution is -1.80. The van der Waals surface area contributed by atoms with Gasteiger partial charge in [-0.3, -0.25) is 0 Å². The molecule has 0 aromatic heterocycles. The van der Waals surface area contributed by atoms with Gasteiger partial charge >= 0.3 is 6.08 Å². The Hall–Kier alpha value is -1.69. The van der Waals surface area contributed by atoms with Crippen LogP contribution in [0.25, 0.3) is 5.83 Å². The average molecular weight is 196 g/mol. The van der Waals surface area contributed by atoms with Crippen molar-refractivity contribution in [1.82, 2.24) is 0 Å². The summed E-state index contributed by atoms with van der Waals surface area (Å²) in [6.45, 7) is 1.66. The van der Waals surface area contributed by atoms with Crippen molar-refractivity contribution < 1.29 is 13.2 Å². The van der Waals surface area contributed by atoms with Crippen LogP contribution >= 0.6 is 0 Å². The number of hydrogen-bond acceptors (Lipinski definition) is 0. The summed E-state index contributed by atoms with van der Waals surface area (Å²) in [4.78, 5) is 0. The van der Waals surface area contributed by atoms with Gasteiger partial charge in [0.1, 0.15) is 0 Å². The van der Waals surface area contributed by atoms with Crippen molar-refractivity contribution in [1.29, 1.82) is 0 Å². The monoisotopic (exact) mass is 196 g/mol. The molecule has 1 aromatic rings. The molecule has 0 heterocycles. The van der Waals surface area contributed by atoms with Crippen LogP contribution in [0.2, 0.25) is 0 Å². The number of benzene rings is 1. The van der Waals surface area contributed by atoms with Gasteiger partial charge in [0.25, 0.3) is 0 Å². The molecule has 0 unspecified atom stereocenters. The molecule has 0 spiro atoms. The molecule has 1 rings (SSSR count). The SMILES string of the molecule is CC#Cc1ccc(C(F)=C(F)F)cc1. The van der Waals surface area contributed by atoms with E-state index in [0.717, 1.165) is 0 Å². The topological polar surface area (TPSA) is 0 Å². The molecule has 72 valence electrons. The third-order valence-corrected chi connectivity index (χ3v) is 1.57. The summed E-state index contributed by atoms with van der Waals surface area (Å²) < 4.78 is 36.3. The summed E-state index contributed by atoms with van der Waals surface area (Å²) >= 11 is 0. The van der Waals surface area contributed by atoms with Crippen molar-refractivity contribution in [2.45, 2.75) is 6.92 Å². The lowest BCUT2D eigenvalue weighted by molar-refractivity contribution is 0.410. The fourth-order valence-corrected chi connectivity index (χ4v) is 0.953. The van der Waals surface area contributed by atoms with E-state index in [1.807, 2.05) is 0 Å². The van der Waals surface area contributed by atoms with Crippen molar-refractivity contribution in [3.63, 3.8) is 0 Å². The first-order valence-electron chi connectivity index (χ1n) is 3.89. The summed E-state index contributed by atoms with van der Waals surface area (Å²) in [6, 6.07) is 5.53. The quantitative estimate of drug-likeness (QED) is 0.602. The normalized spacial score (nSPS) is 8.86. The Kier molecular flexibility index (Phi) is 3.35. The highest BCUT2D eigenvalue weighted by Crippen LogP contribution is 2.21. The minimum absolute atomic E-state index is 0.133. The standard InChI is InChI=1S/C11H7F3/c1-2-3-8-4-6-9(7-5-8)10(12)11(13)14/h4-7H,1H3. The Labute approximate surface area is 80.1 Å². The van der Waals surface area contributed by atoms with Crippen LogP contribution < -0.4 is 0 Å². The van der Waals surface area contributed by atoms with E-state index in [4.69, 9.17) is 0 Å².